The van der Waals surface area contributed by atoms with Gasteiger partial charge in [0.05, 0.1) is 18.1 Å². The van der Waals surface area contributed by atoms with E-state index in [4.69, 9.17) is 9.47 Å². The van der Waals surface area contributed by atoms with Crippen LogP contribution in [0.5, 0.6) is 0 Å². The molecule has 0 unspecified atom stereocenters. The topological polar surface area (TPSA) is 102 Å². The number of nitrogens with zero attached hydrogens (tertiary/aromatic N) is 1. The molecule has 4 rings (SSSR count). The lowest BCUT2D eigenvalue weighted by Gasteiger charge is -2.26. The highest BCUT2D eigenvalue weighted by molar-refractivity contribution is 7.89. The third kappa shape index (κ3) is 5.63. The lowest BCUT2D eigenvalue weighted by molar-refractivity contribution is -0.119. The number of benzene rings is 1. The first-order valence-electron chi connectivity index (χ1n) is 11.1. The van der Waals surface area contributed by atoms with Gasteiger partial charge in [-0.2, -0.15) is 4.31 Å². The number of nitrogens with one attached hydrogen (secondary N) is 1. The zero-order valence-electron chi connectivity index (χ0n) is 18.6. The van der Waals surface area contributed by atoms with Crippen LogP contribution in [0.2, 0.25) is 0 Å². The van der Waals surface area contributed by atoms with E-state index in [2.05, 4.69) is 5.32 Å². The van der Waals surface area contributed by atoms with E-state index in [1.54, 1.807) is 13.0 Å². The molecule has 1 aliphatic heterocycles. The number of esters is 1. The highest BCUT2D eigenvalue weighted by Gasteiger charge is 2.27. The molecular weight excluding hydrogens is 464 g/mol. The summed E-state index contributed by atoms with van der Waals surface area (Å²) in [5.74, 6) is -1.03. The summed E-state index contributed by atoms with van der Waals surface area (Å²) in [5.41, 5.74) is 2.29. The van der Waals surface area contributed by atoms with Crippen molar-refractivity contribution in [3.8, 4) is 0 Å². The highest BCUT2D eigenvalue weighted by atomic mass is 32.2. The summed E-state index contributed by atoms with van der Waals surface area (Å²) in [6.45, 7) is 2.62. The third-order valence-corrected chi connectivity index (χ3v) is 8.98. The first-order valence-corrected chi connectivity index (χ1v) is 13.4. The van der Waals surface area contributed by atoms with Gasteiger partial charge < -0.3 is 14.8 Å². The fraction of sp³-hybridized carbons (Fsp3) is 0.478. The number of amides is 1. The maximum absolute atomic E-state index is 12.9. The molecule has 2 aromatic rings. The van der Waals surface area contributed by atoms with Gasteiger partial charge in [0.2, 0.25) is 10.0 Å². The van der Waals surface area contributed by atoms with Crippen LogP contribution in [0.25, 0.3) is 0 Å². The van der Waals surface area contributed by atoms with Crippen LogP contribution in [0.4, 0.5) is 5.69 Å². The van der Waals surface area contributed by atoms with Crippen LogP contribution in [0.1, 0.15) is 44.9 Å². The van der Waals surface area contributed by atoms with Gasteiger partial charge in [0.25, 0.3) is 5.91 Å². The van der Waals surface area contributed by atoms with Gasteiger partial charge in [0, 0.05) is 23.7 Å². The minimum Gasteiger partial charge on any atom is -0.451 e. The van der Waals surface area contributed by atoms with E-state index in [1.165, 1.54) is 44.6 Å². The Bertz CT molecular complexity index is 1110. The first kappa shape index (κ1) is 23.9. The van der Waals surface area contributed by atoms with Crippen LogP contribution in [0, 0.1) is 6.92 Å². The number of aryl methyl sites for hydroxylation is 3. The molecule has 0 bridgehead atoms. The van der Waals surface area contributed by atoms with Crippen molar-refractivity contribution in [3.63, 3.8) is 0 Å². The van der Waals surface area contributed by atoms with Crippen LogP contribution >= 0.6 is 11.3 Å². The highest BCUT2D eigenvalue weighted by Crippen LogP contribution is 2.29. The molecule has 2 heterocycles. The van der Waals surface area contributed by atoms with Crippen molar-refractivity contribution in [2.75, 3.05) is 38.2 Å². The molecule has 10 heteroatoms. The predicted molar refractivity (Wildman–Crippen MR) is 125 cm³/mol. The van der Waals surface area contributed by atoms with Crippen LogP contribution < -0.4 is 5.32 Å². The Labute approximate surface area is 197 Å². The summed E-state index contributed by atoms with van der Waals surface area (Å²) in [7, 11) is -3.69. The molecule has 1 aliphatic carbocycles. The third-order valence-electron chi connectivity index (χ3n) is 5.87. The molecule has 1 aromatic heterocycles. The SMILES string of the molecule is Cc1ccc(S(=O)(=O)N2CCOCC2)cc1NC(=O)COC(=O)c1cc2c(s1)CCCCC2. The normalized spacial score (nSPS) is 17.1. The molecule has 1 N–H and O–H groups in total. The Morgan fingerprint density at radius 3 is 2.67 bits per heavy atom. The summed E-state index contributed by atoms with van der Waals surface area (Å²) in [6.07, 6.45) is 5.42. The molecule has 0 atom stereocenters. The summed E-state index contributed by atoms with van der Waals surface area (Å²) < 4.78 is 37.6. The second kappa shape index (κ2) is 10.3. The van der Waals surface area contributed by atoms with Crippen molar-refractivity contribution in [2.45, 2.75) is 43.9 Å². The number of carbonyl (C=O) groups is 2. The molecule has 2 aliphatic rings. The number of carbonyl (C=O) groups excluding carboxylic acids is 2. The number of ether oxygens (including phenoxy) is 2. The van der Waals surface area contributed by atoms with Gasteiger partial charge in [-0.15, -0.1) is 11.3 Å². The quantitative estimate of drug-likeness (QED) is 0.491. The van der Waals surface area contributed by atoms with Crippen LogP contribution in [-0.4, -0.2) is 57.5 Å². The number of morpholine rings is 1. The van der Waals surface area contributed by atoms with E-state index in [-0.39, 0.29) is 4.90 Å². The van der Waals surface area contributed by atoms with Gasteiger partial charge in [-0.25, -0.2) is 13.2 Å². The van der Waals surface area contributed by atoms with E-state index in [9.17, 15) is 18.0 Å². The average Bonchev–Trinajstić information content (AvgIpc) is 3.09. The molecule has 1 fully saturated rings. The predicted octanol–water partition coefficient (Wildman–Crippen LogP) is 3.14. The van der Waals surface area contributed by atoms with E-state index >= 15 is 0 Å². The minimum absolute atomic E-state index is 0.0994. The largest absolute Gasteiger partial charge is 0.451 e. The van der Waals surface area contributed by atoms with Gasteiger partial charge in [-0.3, -0.25) is 4.79 Å². The smallest absolute Gasteiger partial charge is 0.348 e. The fourth-order valence-electron chi connectivity index (χ4n) is 3.99. The number of thiophene rings is 1. The van der Waals surface area contributed by atoms with Gasteiger partial charge in [0.15, 0.2) is 6.61 Å². The maximum atomic E-state index is 12.9. The van der Waals surface area contributed by atoms with E-state index in [0.717, 1.165) is 25.7 Å². The lowest BCUT2D eigenvalue weighted by Crippen LogP contribution is -2.40. The van der Waals surface area contributed by atoms with E-state index in [1.807, 2.05) is 6.07 Å². The first-order chi connectivity index (χ1) is 15.8. The molecule has 33 heavy (non-hydrogen) atoms. The van der Waals surface area contributed by atoms with Gasteiger partial charge in [0.1, 0.15) is 4.88 Å². The molecular formula is C23H28N2O6S2. The monoisotopic (exact) mass is 492 g/mol. The molecule has 1 aromatic carbocycles. The zero-order chi connectivity index (χ0) is 23.4. The Morgan fingerprint density at radius 1 is 1.12 bits per heavy atom. The molecule has 1 saturated heterocycles. The Hall–Kier alpha value is -2.27. The lowest BCUT2D eigenvalue weighted by atomic mass is 10.1. The summed E-state index contributed by atoms with van der Waals surface area (Å²) >= 11 is 1.45. The molecule has 0 radical (unpaired) electrons. The average molecular weight is 493 g/mol. The Balaban J connectivity index is 1.38. The van der Waals surface area contributed by atoms with E-state index < -0.39 is 28.5 Å². The van der Waals surface area contributed by atoms with Gasteiger partial charge in [-0.05, 0) is 61.9 Å². The second-order valence-electron chi connectivity index (χ2n) is 8.24. The number of sulfonamides is 1. The van der Waals surface area contributed by atoms with Crippen molar-refractivity contribution in [1.82, 2.24) is 4.31 Å². The van der Waals surface area contributed by atoms with Crippen molar-refractivity contribution >= 4 is 38.9 Å². The van der Waals surface area contributed by atoms with Crippen molar-refractivity contribution in [1.29, 1.82) is 0 Å². The second-order valence-corrected chi connectivity index (χ2v) is 11.3. The van der Waals surface area contributed by atoms with Crippen LogP contribution in [-0.2, 0) is 37.1 Å². The van der Waals surface area contributed by atoms with Gasteiger partial charge in [-0.1, -0.05) is 12.5 Å². The van der Waals surface area contributed by atoms with E-state index in [0.29, 0.717) is 42.4 Å². The van der Waals surface area contributed by atoms with Crippen molar-refractivity contribution in [3.05, 3.63) is 45.1 Å². The summed E-state index contributed by atoms with van der Waals surface area (Å²) in [5, 5.41) is 2.67. The standard InChI is InChI=1S/C23H28N2O6S2/c1-16-7-8-18(33(28,29)25-9-11-30-12-10-25)14-19(16)24-22(26)15-31-23(27)21-13-17-5-3-2-4-6-20(17)32-21/h7-8,13-14H,2-6,9-12,15H2,1H3,(H,24,26). The molecule has 8 nitrogen and oxygen atoms in total. The zero-order valence-corrected chi connectivity index (χ0v) is 20.2. The number of hydrogen-bond acceptors (Lipinski definition) is 7. The molecule has 0 saturated carbocycles. The fourth-order valence-corrected chi connectivity index (χ4v) is 6.57. The number of hydrogen-bond donors (Lipinski definition) is 1. The molecule has 178 valence electrons. The summed E-state index contributed by atoms with van der Waals surface area (Å²) in [6, 6.07) is 6.50. The maximum Gasteiger partial charge on any atom is 0.348 e. The molecule has 0 spiro atoms. The van der Waals surface area contributed by atoms with Crippen molar-refractivity contribution < 1.29 is 27.5 Å². The molecule has 1 amide bonds. The van der Waals surface area contributed by atoms with Crippen molar-refractivity contribution in [2.24, 2.45) is 0 Å². The summed E-state index contributed by atoms with van der Waals surface area (Å²) in [4.78, 5) is 26.7. The number of anilines is 1. The van der Waals surface area contributed by atoms with Gasteiger partial charge >= 0.3 is 5.97 Å². The van der Waals surface area contributed by atoms with Crippen LogP contribution in [0.3, 0.4) is 0 Å². The minimum atomic E-state index is -3.69. The number of rotatable bonds is 6. The Morgan fingerprint density at radius 2 is 1.88 bits per heavy atom. The number of fused-ring (bicyclic) bond motifs is 1. The Kier molecular flexibility index (Phi) is 7.48. The van der Waals surface area contributed by atoms with Crippen LogP contribution in [0.15, 0.2) is 29.2 Å².